The summed E-state index contributed by atoms with van der Waals surface area (Å²) < 4.78 is 20.2. The van der Waals surface area contributed by atoms with E-state index in [4.69, 9.17) is 18.9 Å². The second-order valence-corrected chi connectivity index (χ2v) is 7.87. The Morgan fingerprint density at radius 1 is 0.744 bits per heavy atom. The van der Waals surface area contributed by atoms with E-state index in [1.807, 2.05) is 0 Å². The zero-order valence-electron chi connectivity index (χ0n) is 20.9. The van der Waals surface area contributed by atoms with Crippen molar-refractivity contribution < 1.29 is 43.0 Å². The molecule has 0 radical (unpaired) electrons. The molecule has 0 aliphatic carbocycles. The Morgan fingerprint density at radius 3 is 1.62 bits per heavy atom. The highest BCUT2D eigenvalue weighted by Crippen LogP contribution is 2.18. The summed E-state index contributed by atoms with van der Waals surface area (Å²) in [5, 5.41) is 11.1. The van der Waals surface area contributed by atoms with Gasteiger partial charge in [0.1, 0.15) is 17.1 Å². The third kappa shape index (κ3) is 7.83. The Bertz CT molecular complexity index is 1330. The van der Waals surface area contributed by atoms with Crippen LogP contribution in [0.1, 0.15) is 26.3 Å². The van der Waals surface area contributed by atoms with Gasteiger partial charge in [0.25, 0.3) is 5.69 Å². The van der Waals surface area contributed by atoms with Crippen molar-refractivity contribution in [2.45, 2.75) is 0 Å². The molecule has 0 atom stereocenters. The number of nitro benzene ring substituents is 1. The van der Waals surface area contributed by atoms with Crippen molar-refractivity contribution in [1.29, 1.82) is 0 Å². The van der Waals surface area contributed by atoms with Crippen LogP contribution in [0.2, 0.25) is 0 Å². The molecular weight excluding hydrogens is 510 g/mol. The van der Waals surface area contributed by atoms with E-state index in [-0.39, 0.29) is 22.4 Å². The average molecular weight is 533 g/mol. The van der Waals surface area contributed by atoms with Gasteiger partial charge in [-0.25, -0.2) is 9.59 Å². The molecule has 200 valence electrons. The van der Waals surface area contributed by atoms with Gasteiger partial charge in [-0.1, -0.05) is 12.1 Å². The van der Waals surface area contributed by atoms with E-state index in [0.717, 1.165) is 12.1 Å². The molecule has 0 aliphatic rings. The summed E-state index contributed by atoms with van der Waals surface area (Å²) in [7, 11) is 2.94. The van der Waals surface area contributed by atoms with Gasteiger partial charge in [-0.3, -0.25) is 19.7 Å². The number of nitro groups is 1. The predicted molar refractivity (Wildman–Crippen MR) is 138 cm³/mol. The van der Waals surface area contributed by atoms with E-state index in [1.165, 1.54) is 56.7 Å². The van der Waals surface area contributed by atoms with Crippen LogP contribution in [0.4, 0.5) is 5.69 Å². The summed E-state index contributed by atoms with van der Waals surface area (Å²) in [6.07, 6.45) is 1.02. The van der Waals surface area contributed by atoms with E-state index >= 15 is 0 Å². The Morgan fingerprint density at radius 2 is 1.21 bits per heavy atom. The van der Waals surface area contributed by atoms with Gasteiger partial charge in [0.15, 0.2) is 24.8 Å². The monoisotopic (exact) mass is 533 g/mol. The van der Waals surface area contributed by atoms with Crippen LogP contribution in [0.15, 0.2) is 78.4 Å². The van der Waals surface area contributed by atoms with Crippen molar-refractivity contribution in [1.82, 2.24) is 0 Å². The van der Waals surface area contributed by atoms with Gasteiger partial charge in [-0.2, -0.15) is 0 Å². The number of benzene rings is 3. The van der Waals surface area contributed by atoms with Crippen molar-refractivity contribution in [2.75, 3.05) is 27.4 Å². The highest BCUT2D eigenvalue weighted by molar-refractivity contribution is 6.18. The van der Waals surface area contributed by atoms with Gasteiger partial charge in [0, 0.05) is 23.3 Å². The molecule has 0 N–H and O–H groups in total. The summed E-state index contributed by atoms with van der Waals surface area (Å²) in [5.41, 5.74) is -0.355. The lowest BCUT2D eigenvalue weighted by Crippen LogP contribution is -2.23. The number of rotatable bonds is 12. The lowest BCUT2D eigenvalue weighted by molar-refractivity contribution is -0.384. The highest BCUT2D eigenvalue weighted by Gasteiger charge is 2.24. The standard InChI is InChI=1S/C28H23NO10/c1-36-22-10-6-19(7-11-22)25(30)16-38-27(32)24(15-18-4-3-5-21(14-18)29(34)35)28(33)39-17-26(31)20-8-12-23(37-2)13-9-20/h3-15H,16-17H2,1-2H3. The number of non-ortho nitro benzene ring substituents is 1. The van der Waals surface area contributed by atoms with Crippen LogP contribution in [-0.2, 0) is 19.1 Å². The summed E-state index contributed by atoms with van der Waals surface area (Å²) in [5.74, 6) is -2.49. The van der Waals surface area contributed by atoms with Crippen LogP contribution in [0.5, 0.6) is 11.5 Å². The fourth-order valence-electron chi connectivity index (χ4n) is 3.23. The number of ketones is 2. The van der Waals surface area contributed by atoms with Crippen LogP contribution in [0, 0.1) is 10.1 Å². The Hall–Kier alpha value is -5.32. The van der Waals surface area contributed by atoms with E-state index < -0.39 is 47.2 Å². The average Bonchev–Trinajstić information content (AvgIpc) is 2.97. The quantitative estimate of drug-likeness (QED) is 0.0639. The van der Waals surface area contributed by atoms with Gasteiger partial charge in [0.05, 0.1) is 19.1 Å². The fourth-order valence-corrected chi connectivity index (χ4v) is 3.23. The second-order valence-electron chi connectivity index (χ2n) is 7.87. The minimum absolute atomic E-state index is 0.121. The Balaban J connectivity index is 1.77. The second kappa shape index (κ2) is 13.3. The minimum atomic E-state index is -1.22. The summed E-state index contributed by atoms with van der Waals surface area (Å²) in [4.78, 5) is 61.1. The largest absolute Gasteiger partial charge is 0.497 e. The molecule has 0 saturated carbocycles. The van der Waals surface area contributed by atoms with Gasteiger partial charge in [0.2, 0.25) is 0 Å². The van der Waals surface area contributed by atoms with Crippen LogP contribution in [0.3, 0.4) is 0 Å². The number of carbonyl (C=O) groups is 4. The number of esters is 2. The normalized spacial score (nSPS) is 10.1. The van der Waals surface area contributed by atoms with Crippen molar-refractivity contribution in [3.63, 3.8) is 0 Å². The van der Waals surface area contributed by atoms with E-state index in [1.54, 1.807) is 24.3 Å². The lowest BCUT2D eigenvalue weighted by Gasteiger charge is -2.09. The number of ether oxygens (including phenoxy) is 4. The number of carbonyl (C=O) groups excluding carboxylic acids is 4. The molecule has 3 rings (SSSR count). The van der Waals surface area contributed by atoms with Crippen molar-refractivity contribution in [3.8, 4) is 11.5 Å². The van der Waals surface area contributed by atoms with E-state index in [2.05, 4.69) is 0 Å². The third-order valence-electron chi connectivity index (χ3n) is 5.32. The molecule has 0 amide bonds. The van der Waals surface area contributed by atoms with Gasteiger partial charge in [-0.15, -0.1) is 0 Å². The number of Topliss-reactive ketones (excluding diaryl/α,β-unsaturated/α-hetero) is 2. The van der Waals surface area contributed by atoms with Crippen LogP contribution in [0.25, 0.3) is 6.08 Å². The summed E-state index contributed by atoms with van der Waals surface area (Å²) in [6, 6.07) is 17.3. The maximum atomic E-state index is 12.8. The van der Waals surface area contributed by atoms with Gasteiger partial charge >= 0.3 is 11.9 Å². The molecule has 0 aromatic heterocycles. The van der Waals surface area contributed by atoms with Gasteiger partial charge in [-0.05, 0) is 60.2 Å². The van der Waals surface area contributed by atoms with Crippen LogP contribution < -0.4 is 9.47 Å². The van der Waals surface area contributed by atoms with E-state index in [9.17, 15) is 29.3 Å². The number of methoxy groups -OCH3 is 2. The molecule has 39 heavy (non-hydrogen) atoms. The molecule has 11 heteroatoms. The molecular formula is C28H23NO10. The first-order valence-electron chi connectivity index (χ1n) is 11.4. The molecule has 0 aliphatic heterocycles. The Kier molecular flexibility index (Phi) is 9.63. The van der Waals surface area contributed by atoms with Gasteiger partial charge < -0.3 is 18.9 Å². The fraction of sp³-hybridized carbons (Fsp3) is 0.143. The molecule has 0 spiro atoms. The van der Waals surface area contributed by atoms with Crippen LogP contribution >= 0.6 is 0 Å². The topological polar surface area (TPSA) is 148 Å². The molecule has 0 saturated heterocycles. The summed E-state index contributed by atoms with van der Waals surface area (Å²) in [6.45, 7) is -1.40. The number of hydrogen-bond acceptors (Lipinski definition) is 10. The maximum absolute atomic E-state index is 12.8. The highest BCUT2D eigenvalue weighted by atomic mass is 16.6. The Labute approximate surface area is 222 Å². The first kappa shape index (κ1) is 28.3. The number of hydrogen-bond donors (Lipinski definition) is 0. The molecule has 0 fully saturated rings. The zero-order valence-corrected chi connectivity index (χ0v) is 20.9. The summed E-state index contributed by atoms with van der Waals surface area (Å²) >= 11 is 0. The van der Waals surface area contributed by atoms with Crippen molar-refractivity contribution >= 4 is 35.3 Å². The van der Waals surface area contributed by atoms with E-state index in [0.29, 0.717) is 11.5 Å². The smallest absolute Gasteiger partial charge is 0.346 e. The molecule has 3 aromatic carbocycles. The maximum Gasteiger partial charge on any atom is 0.346 e. The SMILES string of the molecule is COc1ccc(C(=O)COC(=O)C(=Cc2cccc([N+](=O)[O-])c2)C(=O)OCC(=O)c2ccc(OC)cc2)cc1. The molecule has 11 nitrogen and oxygen atoms in total. The minimum Gasteiger partial charge on any atom is -0.497 e. The molecule has 0 bridgehead atoms. The third-order valence-corrected chi connectivity index (χ3v) is 5.32. The molecule has 0 unspecified atom stereocenters. The van der Waals surface area contributed by atoms with Crippen molar-refractivity contribution in [2.24, 2.45) is 0 Å². The van der Waals surface area contributed by atoms with Crippen LogP contribution in [-0.4, -0.2) is 55.9 Å². The first-order chi connectivity index (χ1) is 18.7. The molecule has 3 aromatic rings. The lowest BCUT2D eigenvalue weighted by atomic mass is 10.1. The first-order valence-corrected chi connectivity index (χ1v) is 11.4. The zero-order chi connectivity index (χ0) is 28.4. The number of nitrogens with zero attached hydrogens (tertiary/aromatic N) is 1. The van der Waals surface area contributed by atoms with Crippen molar-refractivity contribution in [3.05, 3.63) is 105 Å². The molecule has 0 heterocycles. The predicted octanol–water partition coefficient (Wildman–Crippen LogP) is 3.85.